The number of aldehydes is 1. The lowest BCUT2D eigenvalue weighted by atomic mass is 9.97. The van der Waals surface area contributed by atoms with Crippen molar-refractivity contribution >= 4 is 41.1 Å². The Hall–Kier alpha value is -0.280. The van der Waals surface area contributed by atoms with Gasteiger partial charge in [-0.05, 0) is 25.0 Å². The fourth-order valence-corrected chi connectivity index (χ4v) is 2.46. The third kappa shape index (κ3) is 5.15. The van der Waals surface area contributed by atoms with Crippen LogP contribution in [-0.2, 0) is 0 Å². The molecule has 0 heterocycles. The highest BCUT2D eigenvalue weighted by Gasteiger charge is 2.06. The van der Waals surface area contributed by atoms with Gasteiger partial charge in [0.2, 0.25) is 0 Å². The molecular weight excluding hydrogens is 293 g/mol. The van der Waals surface area contributed by atoms with Gasteiger partial charge in [0.05, 0.1) is 10.0 Å². The highest BCUT2D eigenvalue weighted by molar-refractivity contribution is 6.44. The fourth-order valence-electron chi connectivity index (χ4n) is 1.80. The summed E-state index contributed by atoms with van der Waals surface area (Å²) in [5.74, 6) is 0. The molecule has 5 heteroatoms. The molecule has 0 atom stereocenters. The van der Waals surface area contributed by atoms with Crippen LogP contribution in [0.1, 0.15) is 42.5 Å². The molecule has 0 unspecified atom stereocenters. The first-order valence-electron chi connectivity index (χ1n) is 5.90. The lowest BCUT2D eigenvalue weighted by Crippen LogP contribution is -2.22. The van der Waals surface area contributed by atoms with E-state index in [1.54, 1.807) is 0 Å². The maximum absolute atomic E-state index is 10.3. The number of rotatable bonds is 1. The Balaban J connectivity index is 0.000000199. The number of carbonyl (C=O) groups is 1. The van der Waals surface area contributed by atoms with Crippen LogP contribution in [0.15, 0.2) is 12.1 Å². The predicted molar refractivity (Wildman–Crippen MR) is 77.9 cm³/mol. The van der Waals surface area contributed by atoms with Gasteiger partial charge in [-0.15, -0.1) is 0 Å². The lowest BCUT2D eigenvalue weighted by Gasteiger charge is -2.15. The largest absolute Gasteiger partial charge is 0.328 e. The van der Waals surface area contributed by atoms with E-state index in [0.717, 1.165) is 0 Å². The van der Waals surface area contributed by atoms with Gasteiger partial charge in [0, 0.05) is 16.6 Å². The van der Waals surface area contributed by atoms with Crippen molar-refractivity contribution in [1.82, 2.24) is 0 Å². The maximum atomic E-state index is 10.3. The summed E-state index contributed by atoms with van der Waals surface area (Å²) in [6.07, 6.45) is 7.27. The minimum atomic E-state index is 0.242. The quantitative estimate of drug-likeness (QED) is 0.601. The normalized spacial score (nSPS) is 15.8. The van der Waals surface area contributed by atoms with Crippen LogP contribution in [0, 0.1) is 0 Å². The van der Waals surface area contributed by atoms with Gasteiger partial charge in [0.1, 0.15) is 0 Å². The zero-order valence-electron chi connectivity index (χ0n) is 9.96. The first-order chi connectivity index (χ1) is 8.54. The summed E-state index contributed by atoms with van der Waals surface area (Å²) in [4.78, 5) is 10.3. The average Bonchev–Trinajstić information content (AvgIpc) is 2.35. The van der Waals surface area contributed by atoms with E-state index < -0.39 is 0 Å². The van der Waals surface area contributed by atoms with Crippen LogP contribution in [0.3, 0.4) is 0 Å². The van der Waals surface area contributed by atoms with E-state index >= 15 is 0 Å². The van der Waals surface area contributed by atoms with Gasteiger partial charge in [-0.2, -0.15) is 0 Å². The van der Waals surface area contributed by atoms with E-state index in [4.69, 9.17) is 40.5 Å². The van der Waals surface area contributed by atoms with Crippen molar-refractivity contribution in [2.24, 2.45) is 5.73 Å². The van der Waals surface area contributed by atoms with E-state index in [9.17, 15) is 4.79 Å². The molecule has 2 N–H and O–H groups in total. The molecule has 0 aliphatic heterocycles. The summed E-state index contributed by atoms with van der Waals surface area (Å²) < 4.78 is 0. The van der Waals surface area contributed by atoms with Crippen molar-refractivity contribution in [2.45, 2.75) is 38.1 Å². The van der Waals surface area contributed by atoms with Crippen molar-refractivity contribution in [3.8, 4) is 0 Å². The second kappa shape index (κ2) is 8.00. The van der Waals surface area contributed by atoms with Crippen LogP contribution >= 0.6 is 34.8 Å². The molecule has 0 amide bonds. The zero-order valence-corrected chi connectivity index (χ0v) is 12.2. The first-order valence-corrected chi connectivity index (χ1v) is 7.03. The predicted octanol–water partition coefficient (Wildman–Crippen LogP) is 4.74. The second-order valence-corrected chi connectivity index (χ2v) is 5.53. The molecule has 1 fully saturated rings. The van der Waals surface area contributed by atoms with Gasteiger partial charge in [0.15, 0.2) is 6.29 Å². The Morgan fingerprint density at radius 2 is 1.72 bits per heavy atom. The Bertz CT molecular complexity index is 403. The Kier molecular flexibility index (Phi) is 7.02. The molecule has 2 nitrogen and oxygen atoms in total. The Morgan fingerprint density at radius 3 is 2.17 bits per heavy atom. The summed E-state index contributed by atoms with van der Waals surface area (Å²) >= 11 is 16.9. The zero-order chi connectivity index (χ0) is 13.5. The summed E-state index contributed by atoms with van der Waals surface area (Å²) in [7, 11) is 0. The van der Waals surface area contributed by atoms with Gasteiger partial charge in [-0.3, -0.25) is 4.79 Å². The van der Waals surface area contributed by atoms with E-state index in [1.165, 1.54) is 44.2 Å². The number of carbonyl (C=O) groups excluding carboxylic acids is 1. The summed E-state index contributed by atoms with van der Waals surface area (Å²) in [5.41, 5.74) is 5.94. The minimum Gasteiger partial charge on any atom is -0.328 e. The topological polar surface area (TPSA) is 43.1 Å². The lowest BCUT2D eigenvalue weighted by molar-refractivity contribution is 0.112. The monoisotopic (exact) mass is 307 g/mol. The first kappa shape index (κ1) is 15.8. The van der Waals surface area contributed by atoms with Gasteiger partial charge in [0.25, 0.3) is 0 Å². The maximum Gasteiger partial charge on any atom is 0.151 e. The molecule has 0 saturated heterocycles. The molecule has 1 aromatic rings. The third-order valence-electron chi connectivity index (χ3n) is 2.80. The van der Waals surface area contributed by atoms with Crippen molar-refractivity contribution in [3.05, 3.63) is 32.8 Å². The van der Waals surface area contributed by atoms with E-state index in [-0.39, 0.29) is 5.02 Å². The SMILES string of the molecule is NC1CCCCC1.O=Cc1cc(Cl)cc(Cl)c1Cl. The van der Waals surface area contributed by atoms with Crippen LogP contribution in [-0.4, -0.2) is 12.3 Å². The fraction of sp³-hybridized carbons (Fsp3) is 0.462. The van der Waals surface area contributed by atoms with Crippen molar-refractivity contribution in [1.29, 1.82) is 0 Å². The molecule has 0 spiro atoms. The number of hydrogen-bond donors (Lipinski definition) is 1. The summed E-state index contributed by atoms with van der Waals surface area (Å²) in [6.45, 7) is 0. The third-order valence-corrected chi connectivity index (χ3v) is 3.83. The summed E-state index contributed by atoms with van der Waals surface area (Å²) in [6, 6.07) is 3.48. The molecule has 1 aromatic carbocycles. The number of halogens is 3. The molecule has 0 radical (unpaired) electrons. The molecule has 100 valence electrons. The van der Waals surface area contributed by atoms with Crippen molar-refractivity contribution in [2.75, 3.05) is 0 Å². The van der Waals surface area contributed by atoms with Gasteiger partial charge >= 0.3 is 0 Å². The van der Waals surface area contributed by atoms with E-state index in [1.807, 2.05) is 0 Å². The molecule has 1 aliphatic rings. The van der Waals surface area contributed by atoms with Crippen molar-refractivity contribution < 1.29 is 4.79 Å². The van der Waals surface area contributed by atoms with Crippen LogP contribution in [0.4, 0.5) is 0 Å². The van der Waals surface area contributed by atoms with Crippen molar-refractivity contribution in [3.63, 3.8) is 0 Å². The number of benzene rings is 1. The Morgan fingerprint density at radius 1 is 1.11 bits per heavy atom. The van der Waals surface area contributed by atoms with Crippen LogP contribution < -0.4 is 5.73 Å². The van der Waals surface area contributed by atoms with E-state index in [2.05, 4.69) is 0 Å². The van der Waals surface area contributed by atoms with Crippen LogP contribution in [0.25, 0.3) is 0 Å². The molecule has 0 aromatic heterocycles. The minimum absolute atomic E-state index is 0.242. The molecule has 2 rings (SSSR count). The molecular formula is C13H16Cl3NO. The summed E-state index contributed by atoms with van der Waals surface area (Å²) in [5, 5.41) is 0.939. The standard InChI is InChI=1S/C7H3Cl3O.C6H13N/c8-5-1-4(3-11)7(10)6(9)2-5;7-6-4-2-1-3-5-6/h1-3H;6H,1-5,7H2. The Labute approximate surface area is 122 Å². The van der Waals surface area contributed by atoms with Gasteiger partial charge in [-0.25, -0.2) is 0 Å². The average molecular weight is 309 g/mol. The van der Waals surface area contributed by atoms with Crippen LogP contribution in [0.5, 0.6) is 0 Å². The number of hydrogen-bond acceptors (Lipinski definition) is 2. The highest BCUT2D eigenvalue weighted by atomic mass is 35.5. The highest BCUT2D eigenvalue weighted by Crippen LogP contribution is 2.28. The van der Waals surface area contributed by atoms with Gasteiger partial charge in [-0.1, -0.05) is 54.1 Å². The van der Waals surface area contributed by atoms with Gasteiger partial charge < -0.3 is 5.73 Å². The smallest absolute Gasteiger partial charge is 0.151 e. The molecule has 1 aliphatic carbocycles. The second-order valence-electron chi connectivity index (χ2n) is 4.31. The number of nitrogens with two attached hydrogens (primary N) is 1. The van der Waals surface area contributed by atoms with Crippen LogP contribution in [0.2, 0.25) is 15.1 Å². The molecule has 1 saturated carbocycles. The molecule has 0 bridgehead atoms. The molecule has 18 heavy (non-hydrogen) atoms. The van der Waals surface area contributed by atoms with E-state index in [0.29, 0.717) is 27.9 Å².